The number of amides is 2. The van der Waals surface area contributed by atoms with Crippen LogP contribution in [0.5, 0.6) is 5.75 Å². The zero-order valence-electron chi connectivity index (χ0n) is 13.4. The van der Waals surface area contributed by atoms with Crippen LogP contribution in [0.2, 0.25) is 0 Å². The molecular weight excluding hydrogens is 286 g/mol. The van der Waals surface area contributed by atoms with Gasteiger partial charge in [0.05, 0.1) is 13.7 Å². The van der Waals surface area contributed by atoms with Crippen LogP contribution >= 0.6 is 0 Å². The molecule has 0 atom stereocenters. The number of methoxy groups -OCH3 is 1. The molecule has 0 fully saturated rings. The molecule has 1 aromatic heterocycles. The average Bonchev–Trinajstić information content (AvgIpc) is 2.43. The van der Waals surface area contributed by atoms with E-state index in [0.717, 1.165) is 0 Å². The maximum absolute atomic E-state index is 11.7. The van der Waals surface area contributed by atoms with Crippen LogP contribution in [0.1, 0.15) is 32.9 Å². The SMILES string of the molecule is COc1cccnc1CNC(=O)CCNC(=O)OC(C)(C)C. The fourth-order valence-corrected chi connectivity index (χ4v) is 1.60. The quantitative estimate of drug-likeness (QED) is 0.833. The second-order valence-corrected chi connectivity index (χ2v) is 5.61. The maximum atomic E-state index is 11.7. The van der Waals surface area contributed by atoms with Crippen LogP contribution in [-0.2, 0) is 16.1 Å². The first-order valence-electron chi connectivity index (χ1n) is 7.03. The van der Waals surface area contributed by atoms with Crippen molar-refractivity contribution >= 4 is 12.0 Å². The third-order valence-corrected chi connectivity index (χ3v) is 2.54. The number of carbonyl (C=O) groups excluding carboxylic acids is 2. The number of aromatic nitrogens is 1. The maximum Gasteiger partial charge on any atom is 0.407 e. The van der Waals surface area contributed by atoms with Crippen molar-refractivity contribution in [3.05, 3.63) is 24.0 Å². The van der Waals surface area contributed by atoms with Gasteiger partial charge in [-0.3, -0.25) is 9.78 Å². The standard InChI is InChI=1S/C15H23N3O4/c1-15(2,3)22-14(20)17-9-7-13(19)18-10-11-12(21-4)6-5-8-16-11/h5-6,8H,7,9-10H2,1-4H3,(H,17,20)(H,18,19). The van der Waals surface area contributed by atoms with Crippen LogP contribution in [-0.4, -0.2) is 36.2 Å². The van der Waals surface area contributed by atoms with E-state index in [4.69, 9.17) is 9.47 Å². The van der Waals surface area contributed by atoms with E-state index in [-0.39, 0.29) is 25.4 Å². The molecule has 122 valence electrons. The fourth-order valence-electron chi connectivity index (χ4n) is 1.60. The van der Waals surface area contributed by atoms with E-state index >= 15 is 0 Å². The van der Waals surface area contributed by atoms with E-state index in [1.54, 1.807) is 46.2 Å². The molecule has 0 aliphatic heterocycles. The number of hydrogen-bond acceptors (Lipinski definition) is 5. The number of carbonyl (C=O) groups is 2. The van der Waals surface area contributed by atoms with Crippen LogP contribution in [0.15, 0.2) is 18.3 Å². The Morgan fingerprint density at radius 1 is 1.27 bits per heavy atom. The molecule has 0 spiro atoms. The molecule has 0 aliphatic rings. The summed E-state index contributed by atoms with van der Waals surface area (Å²) in [7, 11) is 1.55. The zero-order chi connectivity index (χ0) is 16.6. The summed E-state index contributed by atoms with van der Waals surface area (Å²) in [6.45, 7) is 5.81. The minimum Gasteiger partial charge on any atom is -0.495 e. The Hall–Kier alpha value is -2.31. The highest BCUT2D eigenvalue weighted by Gasteiger charge is 2.15. The number of alkyl carbamates (subject to hydrolysis) is 1. The number of hydrogen-bond donors (Lipinski definition) is 2. The minimum absolute atomic E-state index is 0.161. The number of nitrogens with zero attached hydrogens (tertiary/aromatic N) is 1. The van der Waals surface area contributed by atoms with Gasteiger partial charge in [0, 0.05) is 19.2 Å². The lowest BCUT2D eigenvalue weighted by Crippen LogP contribution is -2.35. The summed E-state index contributed by atoms with van der Waals surface area (Å²) < 4.78 is 10.2. The van der Waals surface area contributed by atoms with Gasteiger partial charge < -0.3 is 20.1 Å². The molecule has 1 rings (SSSR count). The Bertz CT molecular complexity index is 512. The highest BCUT2D eigenvalue weighted by molar-refractivity contribution is 5.77. The van der Waals surface area contributed by atoms with Crippen LogP contribution in [0, 0.1) is 0 Å². The van der Waals surface area contributed by atoms with Gasteiger partial charge in [-0.2, -0.15) is 0 Å². The molecule has 1 heterocycles. The zero-order valence-corrected chi connectivity index (χ0v) is 13.4. The van der Waals surface area contributed by atoms with Gasteiger partial charge in [-0.1, -0.05) is 0 Å². The Morgan fingerprint density at radius 2 is 2.00 bits per heavy atom. The third-order valence-electron chi connectivity index (χ3n) is 2.54. The van der Waals surface area contributed by atoms with Crippen molar-refractivity contribution in [3.63, 3.8) is 0 Å². The van der Waals surface area contributed by atoms with Crippen molar-refractivity contribution in [2.75, 3.05) is 13.7 Å². The normalized spacial score (nSPS) is 10.7. The van der Waals surface area contributed by atoms with E-state index in [1.165, 1.54) is 0 Å². The van der Waals surface area contributed by atoms with Crippen molar-refractivity contribution in [3.8, 4) is 5.75 Å². The molecule has 1 aromatic rings. The lowest BCUT2D eigenvalue weighted by atomic mass is 10.2. The lowest BCUT2D eigenvalue weighted by molar-refractivity contribution is -0.121. The van der Waals surface area contributed by atoms with Gasteiger partial charge in [0.15, 0.2) is 0 Å². The summed E-state index contributed by atoms with van der Waals surface area (Å²) in [5.41, 5.74) is 0.0976. The summed E-state index contributed by atoms with van der Waals surface area (Å²) in [6.07, 6.45) is 1.26. The topological polar surface area (TPSA) is 89.5 Å². The minimum atomic E-state index is -0.554. The largest absolute Gasteiger partial charge is 0.495 e. The summed E-state index contributed by atoms with van der Waals surface area (Å²) in [6, 6.07) is 3.54. The van der Waals surface area contributed by atoms with Gasteiger partial charge in [0.2, 0.25) is 5.91 Å². The van der Waals surface area contributed by atoms with E-state index < -0.39 is 11.7 Å². The Labute approximate surface area is 130 Å². The average molecular weight is 309 g/mol. The highest BCUT2D eigenvalue weighted by Crippen LogP contribution is 2.13. The van der Waals surface area contributed by atoms with Crippen molar-refractivity contribution in [2.24, 2.45) is 0 Å². The molecule has 0 bridgehead atoms. The second kappa shape index (κ2) is 8.21. The Balaban J connectivity index is 2.28. The summed E-state index contributed by atoms with van der Waals surface area (Å²) in [4.78, 5) is 27.3. The first-order valence-corrected chi connectivity index (χ1v) is 7.03. The first-order chi connectivity index (χ1) is 10.3. The molecule has 0 unspecified atom stereocenters. The number of pyridine rings is 1. The van der Waals surface area contributed by atoms with Crippen molar-refractivity contribution < 1.29 is 19.1 Å². The van der Waals surface area contributed by atoms with Gasteiger partial charge in [-0.25, -0.2) is 4.79 Å². The van der Waals surface area contributed by atoms with Gasteiger partial charge in [-0.05, 0) is 32.9 Å². The number of ether oxygens (including phenoxy) is 2. The van der Waals surface area contributed by atoms with Crippen LogP contribution in [0.3, 0.4) is 0 Å². The fraction of sp³-hybridized carbons (Fsp3) is 0.533. The van der Waals surface area contributed by atoms with Crippen molar-refractivity contribution in [1.82, 2.24) is 15.6 Å². The van der Waals surface area contributed by atoms with Crippen LogP contribution in [0.4, 0.5) is 4.79 Å². The van der Waals surface area contributed by atoms with E-state index in [2.05, 4.69) is 15.6 Å². The predicted octanol–water partition coefficient (Wildman–Crippen LogP) is 1.62. The predicted molar refractivity (Wildman–Crippen MR) is 81.5 cm³/mol. The third kappa shape index (κ3) is 6.92. The molecule has 2 N–H and O–H groups in total. The molecule has 7 heteroatoms. The number of nitrogens with one attached hydrogen (secondary N) is 2. The Kier molecular flexibility index (Phi) is 6.62. The van der Waals surface area contributed by atoms with E-state index in [9.17, 15) is 9.59 Å². The van der Waals surface area contributed by atoms with Crippen LogP contribution in [0.25, 0.3) is 0 Å². The molecule has 0 aliphatic carbocycles. The van der Waals surface area contributed by atoms with E-state index in [0.29, 0.717) is 11.4 Å². The molecule has 0 saturated carbocycles. The van der Waals surface area contributed by atoms with Gasteiger partial charge in [0.25, 0.3) is 0 Å². The van der Waals surface area contributed by atoms with Gasteiger partial charge in [-0.15, -0.1) is 0 Å². The smallest absolute Gasteiger partial charge is 0.407 e. The monoisotopic (exact) mass is 309 g/mol. The molecule has 0 aromatic carbocycles. The van der Waals surface area contributed by atoms with Crippen molar-refractivity contribution in [1.29, 1.82) is 0 Å². The first kappa shape index (κ1) is 17.7. The molecule has 7 nitrogen and oxygen atoms in total. The molecule has 22 heavy (non-hydrogen) atoms. The summed E-state index contributed by atoms with van der Waals surface area (Å²) >= 11 is 0. The highest BCUT2D eigenvalue weighted by atomic mass is 16.6. The molecular formula is C15H23N3O4. The second-order valence-electron chi connectivity index (χ2n) is 5.61. The summed E-state index contributed by atoms with van der Waals surface area (Å²) in [5.74, 6) is 0.429. The summed E-state index contributed by atoms with van der Waals surface area (Å²) in [5, 5.41) is 5.25. The molecule has 0 saturated heterocycles. The van der Waals surface area contributed by atoms with Gasteiger partial charge in [0.1, 0.15) is 17.0 Å². The molecule has 0 radical (unpaired) electrons. The molecule has 2 amide bonds. The Morgan fingerprint density at radius 3 is 2.64 bits per heavy atom. The van der Waals surface area contributed by atoms with E-state index in [1.807, 2.05) is 0 Å². The number of rotatable bonds is 6. The lowest BCUT2D eigenvalue weighted by Gasteiger charge is -2.19. The van der Waals surface area contributed by atoms with Crippen LogP contribution < -0.4 is 15.4 Å². The van der Waals surface area contributed by atoms with Crippen molar-refractivity contribution in [2.45, 2.75) is 39.3 Å². The van der Waals surface area contributed by atoms with Gasteiger partial charge >= 0.3 is 6.09 Å².